The second-order valence-corrected chi connectivity index (χ2v) is 7.26. The summed E-state index contributed by atoms with van der Waals surface area (Å²) in [5.41, 5.74) is 1.97. The van der Waals surface area contributed by atoms with Crippen molar-refractivity contribution in [1.82, 2.24) is 4.90 Å². The van der Waals surface area contributed by atoms with E-state index in [0.29, 0.717) is 5.54 Å². The Labute approximate surface area is 109 Å². The number of nitrogens with zero attached hydrogens (tertiary/aromatic N) is 1. The molecule has 17 heavy (non-hydrogen) atoms. The SMILES string of the molecule is C=C(CCCCCN(C)C(C)(C)C)C(C)(C)C. The summed E-state index contributed by atoms with van der Waals surface area (Å²) in [6.45, 7) is 19.0. The molecule has 0 radical (unpaired) electrons. The van der Waals surface area contributed by atoms with Crippen LogP contribution in [0.1, 0.15) is 67.2 Å². The smallest absolute Gasteiger partial charge is 0.0122 e. The van der Waals surface area contributed by atoms with Gasteiger partial charge in [0.05, 0.1) is 0 Å². The van der Waals surface area contributed by atoms with Crippen LogP contribution in [0.25, 0.3) is 0 Å². The van der Waals surface area contributed by atoms with Crippen molar-refractivity contribution < 1.29 is 0 Å². The van der Waals surface area contributed by atoms with Gasteiger partial charge in [-0.1, -0.05) is 39.3 Å². The summed E-state index contributed by atoms with van der Waals surface area (Å²) in [7, 11) is 2.22. The van der Waals surface area contributed by atoms with E-state index in [2.05, 4.69) is 60.1 Å². The topological polar surface area (TPSA) is 3.24 Å². The predicted molar refractivity (Wildman–Crippen MR) is 79.4 cm³/mol. The van der Waals surface area contributed by atoms with Gasteiger partial charge in [0.2, 0.25) is 0 Å². The van der Waals surface area contributed by atoms with Gasteiger partial charge < -0.3 is 4.90 Å². The van der Waals surface area contributed by atoms with E-state index in [1.807, 2.05) is 0 Å². The molecule has 0 bridgehead atoms. The summed E-state index contributed by atoms with van der Waals surface area (Å²) in [6, 6.07) is 0. The van der Waals surface area contributed by atoms with Gasteiger partial charge in [-0.2, -0.15) is 0 Å². The van der Waals surface area contributed by atoms with Crippen molar-refractivity contribution in [2.45, 2.75) is 72.8 Å². The third kappa shape index (κ3) is 7.59. The van der Waals surface area contributed by atoms with Gasteiger partial charge in [-0.3, -0.25) is 0 Å². The van der Waals surface area contributed by atoms with Gasteiger partial charge in [-0.25, -0.2) is 0 Å². The Morgan fingerprint density at radius 1 is 0.941 bits per heavy atom. The Morgan fingerprint density at radius 3 is 1.88 bits per heavy atom. The summed E-state index contributed by atoms with van der Waals surface area (Å²) in [5.74, 6) is 0. The van der Waals surface area contributed by atoms with Crippen LogP contribution in [0.2, 0.25) is 0 Å². The molecule has 0 saturated carbocycles. The zero-order valence-corrected chi connectivity index (χ0v) is 13.2. The third-order valence-electron chi connectivity index (χ3n) is 3.68. The molecular formula is C16H33N. The van der Waals surface area contributed by atoms with E-state index in [0.717, 1.165) is 0 Å². The van der Waals surface area contributed by atoms with Gasteiger partial charge in [0.1, 0.15) is 0 Å². The maximum Gasteiger partial charge on any atom is 0.0122 e. The molecule has 0 atom stereocenters. The lowest BCUT2D eigenvalue weighted by atomic mass is 9.84. The fourth-order valence-electron chi connectivity index (χ4n) is 1.57. The zero-order chi connectivity index (χ0) is 13.7. The Hall–Kier alpha value is -0.300. The molecular weight excluding hydrogens is 206 g/mol. The lowest BCUT2D eigenvalue weighted by Crippen LogP contribution is -2.38. The fourth-order valence-corrected chi connectivity index (χ4v) is 1.57. The van der Waals surface area contributed by atoms with Crippen LogP contribution in [0.4, 0.5) is 0 Å². The molecule has 0 aromatic rings. The molecule has 102 valence electrons. The first-order valence-electron chi connectivity index (χ1n) is 6.94. The number of unbranched alkanes of at least 4 members (excludes halogenated alkanes) is 2. The van der Waals surface area contributed by atoms with Crippen molar-refractivity contribution >= 4 is 0 Å². The van der Waals surface area contributed by atoms with Crippen LogP contribution in [-0.2, 0) is 0 Å². The van der Waals surface area contributed by atoms with Crippen LogP contribution >= 0.6 is 0 Å². The van der Waals surface area contributed by atoms with Crippen LogP contribution in [0, 0.1) is 5.41 Å². The van der Waals surface area contributed by atoms with E-state index >= 15 is 0 Å². The van der Waals surface area contributed by atoms with Crippen molar-refractivity contribution in [3.63, 3.8) is 0 Å². The van der Waals surface area contributed by atoms with E-state index < -0.39 is 0 Å². The molecule has 0 saturated heterocycles. The average Bonchev–Trinajstić information content (AvgIpc) is 2.13. The molecule has 0 aromatic carbocycles. The Kier molecular flexibility index (Phi) is 6.47. The molecule has 0 heterocycles. The summed E-state index contributed by atoms with van der Waals surface area (Å²) in [5, 5.41) is 0. The molecule has 1 heteroatoms. The average molecular weight is 239 g/mol. The van der Waals surface area contributed by atoms with Crippen molar-refractivity contribution in [3.05, 3.63) is 12.2 Å². The van der Waals surface area contributed by atoms with Crippen molar-refractivity contribution in [3.8, 4) is 0 Å². The number of hydrogen-bond donors (Lipinski definition) is 0. The first-order chi connectivity index (χ1) is 7.55. The molecule has 0 aromatic heterocycles. The van der Waals surface area contributed by atoms with Crippen LogP contribution in [0.5, 0.6) is 0 Å². The lowest BCUT2D eigenvalue weighted by Gasteiger charge is -2.31. The highest BCUT2D eigenvalue weighted by molar-refractivity contribution is 5.04. The maximum absolute atomic E-state index is 4.19. The van der Waals surface area contributed by atoms with Gasteiger partial charge in [0, 0.05) is 5.54 Å². The molecule has 0 aliphatic rings. The second kappa shape index (κ2) is 6.58. The molecule has 0 amide bonds. The fraction of sp³-hybridized carbons (Fsp3) is 0.875. The van der Waals surface area contributed by atoms with E-state index in [1.54, 1.807) is 0 Å². The number of rotatable bonds is 6. The predicted octanol–water partition coefficient (Wildman–Crippen LogP) is 4.88. The highest BCUT2D eigenvalue weighted by Gasteiger charge is 2.16. The molecule has 0 N–H and O–H groups in total. The molecule has 0 aliphatic carbocycles. The normalized spacial score (nSPS) is 13.2. The van der Waals surface area contributed by atoms with Gasteiger partial charge in [-0.05, 0) is 59.0 Å². The van der Waals surface area contributed by atoms with Crippen LogP contribution < -0.4 is 0 Å². The van der Waals surface area contributed by atoms with Crippen LogP contribution in [0.15, 0.2) is 12.2 Å². The van der Waals surface area contributed by atoms with E-state index in [1.165, 1.54) is 37.8 Å². The molecule has 1 nitrogen and oxygen atoms in total. The van der Waals surface area contributed by atoms with Gasteiger partial charge in [-0.15, -0.1) is 0 Å². The van der Waals surface area contributed by atoms with Crippen molar-refractivity contribution in [2.24, 2.45) is 5.41 Å². The van der Waals surface area contributed by atoms with E-state index in [4.69, 9.17) is 0 Å². The minimum absolute atomic E-state index is 0.280. The highest BCUT2D eigenvalue weighted by Crippen LogP contribution is 2.27. The van der Waals surface area contributed by atoms with Crippen molar-refractivity contribution in [1.29, 1.82) is 0 Å². The van der Waals surface area contributed by atoms with E-state index in [9.17, 15) is 0 Å². The molecule has 0 rings (SSSR count). The molecule has 0 aliphatic heterocycles. The summed E-state index contributed by atoms with van der Waals surface area (Å²) in [6.07, 6.45) is 5.08. The standard InChI is InChI=1S/C16H33N/c1-14(15(2,3)4)12-10-9-11-13-17(8)16(5,6)7/h1,9-13H2,2-8H3. The molecule has 0 spiro atoms. The third-order valence-corrected chi connectivity index (χ3v) is 3.68. The minimum atomic E-state index is 0.280. The summed E-state index contributed by atoms with van der Waals surface area (Å²) >= 11 is 0. The van der Waals surface area contributed by atoms with Crippen molar-refractivity contribution in [2.75, 3.05) is 13.6 Å². The first-order valence-corrected chi connectivity index (χ1v) is 6.94. The van der Waals surface area contributed by atoms with Crippen LogP contribution in [-0.4, -0.2) is 24.0 Å². The van der Waals surface area contributed by atoms with Gasteiger partial charge >= 0.3 is 0 Å². The number of hydrogen-bond acceptors (Lipinski definition) is 1. The summed E-state index contributed by atoms with van der Waals surface area (Å²) < 4.78 is 0. The lowest BCUT2D eigenvalue weighted by molar-refractivity contribution is 0.172. The molecule has 0 fully saturated rings. The van der Waals surface area contributed by atoms with Crippen LogP contribution in [0.3, 0.4) is 0 Å². The van der Waals surface area contributed by atoms with Gasteiger partial charge in [0.15, 0.2) is 0 Å². The largest absolute Gasteiger partial charge is 0.302 e. The first kappa shape index (κ1) is 16.7. The summed E-state index contributed by atoms with van der Waals surface area (Å²) in [4.78, 5) is 2.44. The quantitative estimate of drug-likeness (QED) is 0.472. The maximum atomic E-state index is 4.19. The Bertz CT molecular complexity index is 227. The van der Waals surface area contributed by atoms with Gasteiger partial charge in [0.25, 0.3) is 0 Å². The highest BCUT2D eigenvalue weighted by atomic mass is 15.1. The Morgan fingerprint density at radius 2 is 1.47 bits per heavy atom. The van der Waals surface area contributed by atoms with E-state index in [-0.39, 0.29) is 5.41 Å². The monoisotopic (exact) mass is 239 g/mol. The second-order valence-electron chi connectivity index (χ2n) is 7.26. The minimum Gasteiger partial charge on any atom is -0.302 e. The number of allylic oxidation sites excluding steroid dienone is 1. The molecule has 0 unspecified atom stereocenters. The zero-order valence-electron chi connectivity index (χ0n) is 13.2. The Balaban J connectivity index is 3.64.